The van der Waals surface area contributed by atoms with Crippen LogP contribution in [0, 0.1) is 27.7 Å². The van der Waals surface area contributed by atoms with Crippen molar-refractivity contribution < 1.29 is 9.59 Å². The summed E-state index contributed by atoms with van der Waals surface area (Å²) in [4.78, 5) is 33.5. The quantitative estimate of drug-likeness (QED) is 0.627. The van der Waals surface area contributed by atoms with Crippen molar-refractivity contribution in [1.82, 2.24) is 4.98 Å². The molecule has 0 saturated heterocycles. The molecule has 5 heteroatoms. The first-order valence-electron chi connectivity index (χ1n) is 9.84. The second kappa shape index (κ2) is 8.49. The minimum absolute atomic E-state index is 0.208. The van der Waals surface area contributed by atoms with Crippen LogP contribution in [0.1, 0.15) is 43.0 Å². The van der Waals surface area contributed by atoms with Crippen LogP contribution in [0.15, 0.2) is 54.9 Å². The monoisotopic (exact) mass is 401 g/mol. The first-order valence-corrected chi connectivity index (χ1v) is 9.84. The molecule has 0 aliphatic carbocycles. The molecule has 154 valence electrons. The number of hydrogen-bond donors (Lipinski definition) is 0. The van der Waals surface area contributed by atoms with E-state index in [2.05, 4.69) is 4.98 Å². The Bertz CT molecular complexity index is 1040. The number of hydrogen-bond acceptors (Lipinski definition) is 3. The Balaban J connectivity index is 1.90. The molecule has 30 heavy (non-hydrogen) atoms. The number of carbonyl (C=O) groups is 2. The third kappa shape index (κ3) is 4.25. The van der Waals surface area contributed by atoms with E-state index in [1.807, 2.05) is 64.1 Å². The van der Waals surface area contributed by atoms with Gasteiger partial charge in [0.05, 0.1) is 11.1 Å². The van der Waals surface area contributed by atoms with Crippen molar-refractivity contribution >= 4 is 23.2 Å². The van der Waals surface area contributed by atoms with Crippen molar-refractivity contribution in [2.24, 2.45) is 0 Å². The minimum atomic E-state index is -0.208. The standard InChI is InChI=1S/C25H27N3O2/c1-16-7-9-18(3)22(11-16)27(5)24(29)20-13-21(15-26-14-20)25(30)28(6)23-12-17(2)8-10-19(23)4/h7-15H,1-6H3. The molecule has 0 unspecified atom stereocenters. The van der Waals surface area contributed by atoms with Crippen LogP contribution in [0.25, 0.3) is 0 Å². The first-order chi connectivity index (χ1) is 14.2. The highest BCUT2D eigenvalue weighted by atomic mass is 16.2. The minimum Gasteiger partial charge on any atom is -0.311 e. The van der Waals surface area contributed by atoms with Crippen LogP contribution in [0.2, 0.25) is 0 Å². The maximum Gasteiger partial charge on any atom is 0.259 e. The Morgan fingerprint density at radius 1 is 0.667 bits per heavy atom. The van der Waals surface area contributed by atoms with Gasteiger partial charge in [-0.25, -0.2) is 0 Å². The van der Waals surface area contributed by atoms with Crippen LogP contribution in [0.4, 0.5) is 11.4 Å². The summed E-state index contributed by atoms with van der Waals surface area (Å²) in [5.41, 5.74) is 6.59. The average molecular weight is 402 g/mol. The Kier molecular flexibility index (Phi) is 6.01. The maximum absolute atomic E-state index is 13.1. The fourth-order valence-corrected chi connectivity index (χ4v) is 3.44. The van der Waals surface area contributed by atoms with Gasteiger partial charge in [-0.1, -0.05) is 24.3 Å². The molecule has 3 aromatic rings. The Morgan fingerprint density at radius 2 is 1.07 bits per heavy atom. The van der Waals surface area contributed by atoms with Crippen molar-refractivity contribution in [1.29, 1.82) is 0 Å². The van der Waals surface area contributed by atoms with Gasteiger partial charge in [-0.3, -0.25) is 14.6 Å². The lowest BCUT2D eigenvalue weighted by molar-refractivity contribution is 0.0992. The van der Waals surface area contributed by atoms with E-state index in [0.29, 0.717) is 11.1 Å². The molecule has 0 aliphatic heterocycles. The fraction of sp³-hybridized carbons (Fsp3) is 0.240. The van der Waals surface area contributed by atoms with E-state index in [1.54, 1.807) is 30.0 Å². The molecule has 0 radical (unpaired) electrons. The predicted octanol–water partition coefficient (Wildman–Crippen LogP) is 4.87. The van der Waals surface area contributed by atoms with E-state index in [4.69, 9.17) is 0 Å². The molecule has 0 atom stereocenters. The van der Waals surface area contributed by atoms with Gasteiger partial charge in [0.15, 0.2) is 0 Å². The molecular formula is C25H27N3O2. The zero-order chi connectivity index (χ0) is 22.0. The highest BCUT2D eigenvalue weighted by Gasteiger charge is 2.20. The van der Waals surface area contributed by atoms with Gasteiger partial charge in [0.25, 0.3) is 11.8 Å². The fourth-order valence-electron chi connectivity index (χ4n) is 3.44. The van der Waals surface area contributed by atoms with Gasteiger partial charge in [0, 0.05) is 37.9 Å². The summed E-state index contributed by atoms with van der Waals surface area (Å²) in [5.74, 6) is -0.416. The molecule has 0 spiro atoms. The third-order valence-corrected chi connectivity index (χ3v) is 5.29. The van der Waals surface area contributed by atoms with Gasteiger partial charge >= 0.3 is 0 Å². The molecule has 2 aromatic carbocycles. The zero-order valence-corrected chi connectivity index (χ0v) is 18.4. The van der Waals surface area contributed by atoms with Crippen LogP contribution in [0.5, 0.6) is 0 Å². The number of amides is 2. The number of benzene rings is 2. The maximum atomic E-state index is 13.1. The van der Waals surface area contributed by atoms with Gasteiger partial charge in [-0.05, 0) is 68.1 Å². The normalized spacial score (nSPS) is 10.6. The molecule has 1 aromatic heterocycles. The summed E-state index contributed by atoms with van der Waals surface area (Å²) in [5, 5.41) is 0. The second-order valence-electron chi connectivity index (χ2n) is 7.77. The Morgan fingerprint density at radius 3 is 1.47 bits per heavy atom. The highest BCUT2D eigenvalue weighted by Crippen LogP contribution is 2.24. The second-order valence-corrected chi connectivity index (χ2v) is 7.77. The van der Waals surface area contributed by atoms with Crippen molar-refractivity contribution in [3.8, 4) is 0 Å². The Labute approximate surface area is 178 Å². The topological polar surface area (TPSA) is 53.5 Å². The Hall–Kier alpha value is -3.47. The summed E-state index contributed by atoms with van der Waals surface area (Å²) in [6, 6.07) is 13.6. The molecule has 5 nitrogen and oxygen atoms in total. The summed E-state index contributed by atoms with van der Waals surface area (Å²) < 4.78 is 0. The third-order valence-electron chi connectivity index (χ3n) is 5.29. The molecule has 2 amide bonds. The van der Waals surface area contributed by atoms with Gasteiger partial charge in [-0.2, -0.15) is 0 Å². The van der Waals surface area contributed by atoms with E-state index in [0.717, 1.165) is 33.6 Å². The number of aromatic nitrogens is 1. The molecule has 0 saturated carbocycles. The molecule has 3 rings (SSSR count). The average Bonchev–Trinajstić information content (AvgIpc) is 2.75. The van der Waals surface area contributed by atoms with E-state index in [-0.39, 0.29) is 11.8 Å². The van der Waals surface area contributed by atoms with Crippen molar-refractivity contribution in [3.05, 3.63) is 88.2 Å². The molecular weight excluding hydrogens is 374 g/mol. The highest BCUT2D eigenvalue weighted by molar-refractivity contribution is 6.10. The van der Waals surface area contributed by atoms with E-state index < -0.39 is 0 Å². The summed E-state index contributed by atoms with van der Waals surface area (Å²) in [6.07, 6.45) is 3.00. The molecule has 0 bridgehead atoms. The van der Waals surface area contributed by atoms with Crippen LogP contribution in [-0.2, 0) is 0 Å². The summed E-state index contributed by atoms with van der Waals surface area (Å²) >= 11 is 0. The SMILES string of the molecule is Cc1ccc(C)c(N(C)C(=O)c2cncc(C(=O)N(C)c3cc(C)ccc3C)c2)c1. The number of carbonyl (C=O) groups excluding carboxylic acids is 2. The lowest BCUT2D eigenvalue weighted by Crippen LogP contribution is -2.29. The van der Waals surface area contributed by atoms with E-state index in [1.165, 1.54) is 12.4 Å². The van der Waals surface area contributed by atoms with Crippen molar-refractivity contribution in [3.63, 3.8) is 0 Å². The molecule has 0 aliphatic rings. The van der Waals surface area contributed by atoms with Gasteiger partial charge in [0.1, 0.15) is 0 Å². The number of rotatable bonds is 4. The summed E-state index contributed by atoms with van der Waals surface area (Å²) in [6.45, 7) is 7.92. The van der Waals surface area contributed by atoms with Crippen LogP contribution in [0.3, 0.4) is 0 Å². The first kappa shape index (κ1) is 21.2. The zero-order valence-electron chi connectivity index (χ0n) is 18.4. The van der Waals surface area contributed by atoms with Crippen LogP contribution in [-0.4, -0.2) is 30.9 Å². The molecule has 0 fully saturated rings. The van der Waals surface area contributed by atoms with E-state index in [9.17, 15) is 9.59 Å². The summed E-state index contributed by atoms with van der Waals surface area (Å²) in [7, 11) is 3.47. The number of nitrogens with zero attached hydrogens (tertiary/aromatic N) is 3. The van der Waals surface area contributed by atoms with Gasteiger partial charge in [-0.15, -0.1) is 0 Å². The lowest BCUT2D eigenvalue weighted by atomic mass is 10.1. The van der Waals surface area contributed by atoms with Crippen molar-refractivity contribution in [2.75, 3.05) is 23.9 Å². The van der Waals surface area contributed by atoms with Gasteiger partial charge < -0.3 is 9.80 Å². The van der Waals surface area contributed by atoms with Gasteiger partial charge in [0.2, 0.25) is 0 Å². The van der Waals surface area contributed by atoms with Crippen LogP contribution >= 0.6 is 0 Å². The largest absolute Gasteiger partial charge is 0.311 e. The number of anilines is 2. The van der Waals surface area contributed by atoms with Crippen LogP contribution < -0.4 is 9.80 Å². The smallest absolute Gasteiger partial charge is 0.259 e. The number of aryl methyl sites for hydroxylation is 4. The molecule has 0 N–H and O–H groups in total. The number of pyridine rings is 1. The van der Waals surface area contributed by atoms with E-state index >= 15 is 0 Å². The molecule has 1 heterocycles. The lowest BCUT2D eigenvalue weighted by Gasteiger charge is -2.22. The van der Waals surface area contributed by atoms with Crippen molar-refractivity contribution in [2.45, 2.75) is 27.7 Å². The predicted molar refractivity (Wildman–Crippen MR) is 122 cm³/mol.